The van der Waals surface area contributed by atoms with Crippen LogP contribution in [0.2, 0.25) is 0 Å². The van der Waals surface area contributed by atoms with Gasteiger partial charge in [-0.25, -0.2) is 0 Å². The van der Waals surface area contributed by atoms with Gasteiger partial charge in [0.15, 0.2) is 0 Å². The van der Waals surface area contributed by atoms with Gasteiger partial charge in [-0.05, 0) is 30.4 Å². The molecule has 4 aliphatic rings. The van der Waals surface area contributed by atoms with Crippen molar-refractivity contribution in [3.05, 3.63) is 23.0 Å². The predicted molar refractivity (Wildman–Crippen MR) is 64.0 cm³/mol. The van der Waals surface area contributed by atoms with Crippen LogP contribution in [0.15, 0.2) is 28.0 Å². The van der Waals surface area contributed by atoms with Crippen molar-refractivity contribution in [1.29, 1.82) is 0 Å². The summed E-state index contributed by atoms with van der Waals surface area (Å²) in [6.07, 6.45) is 7.73. The van der Waals surface area contributed by atoms with Gasteiger partial charge in [0.25, 0.3) is 0 Å². The maximum absolute atomic E-state index is 6.19. The molecule has 0 spiro atoms. The lowest BCUT2D eigenvalue weighted by atomic mass is 9.77. The quantitative estimate of drug-likeness (QED) is 0.661. The van der Waals surface area contributed by atoms with Gasteiger partial charge in [-0.15, -0.1) is 0 Å². The van der Waals surface area contributed by atoms with E-state index in [9.17, 15) is 0 Å². The molecular weight excluding hydrogens is 198 g/mol. The van der Waals surface area contributed by atoms with E-state index in [0.717, 1.165) is 18.9 Å². The molecule has 1 saturated heterocycles. The molecule has 2 N–H and O–H groups in total. The standard InChI is InChI=1S/C13H17N3/c14-10-3-8-1-2-16-7-9-5-15-6-12(9)11(4-10)13(8)16/h5-6,8-10H,1-4,7,14H2. The Balaban J connectivity index is 1.86. The molecule has 3 unspecified atom stereocenters. The van der Waals surface area contributed by atoms with Gasteiger partial charge >= 0.3 is 0 Å². The third kappa shape index (κ3) is 1.04. The highest BCUT2D eigenvalue weighted by molar-refractivity contribution is 5.73. The van der Waals surface area contributed by atoms with E-state index in [1.54, 1.807) is 5.70 Å². The Morgan fingerprint density at radius 2 is 2.38 bits per heavy atom. The first-order chi connectivity index (χ1) is 7.83. The normalized spacial score (nSPS) is 39.9. The summed E-state index contributed by atoms with van der Waals surface area (Å²) < 4.78 is 0. The average molecular weight is 215 g/mol. The topological polar surface area (TPSA) is 41.6 Å². The zero-order valence-electron chi connectivity index (χ0n) is 9.39. The predicted octanol–water partition coefficient (Wildman–Crippen LogP) is 1.28. The molecule has 0 saturated carbocycles. The van der Waals surface area contributed by atoms with Crippen LogP contribution in [0.3, 0.4) is 0 Å². The van der Waals surface area contributed by atoms with Crippen LogP contribution in [0, 0.1) is 11.8 Å². The summed E-state index contributed by atoms with van der Waals surface area (Å²) in [4.78, 5) is 6.93. The van der Waals surface area contributed by atoms with Gasteiger partial charge in [-0.2, -0.15) is 0 Å². The first-order valence-electron chi connectivity index (χ1n) is 6.30. The highest BCUT2D eigenvalue weighted by Crippen LogP contribution is 2.47. The third-order valence-corrected chi connectivity index (χ3v) is 4.48. The van der Waals surface area contributed by atoms with Gasteiger partial charge in [-0.1, -0.05) is 0 Å². The minimum absolute atomic E-state index is 0.365. The monoisotopic (exact) mass is 215 g/mol. The molecule has 0 bridgehead atoms. The Morgan fingerprint density at radius 3 is 3.31 bits per heavy atom. The number of aliphatic imine (C=N–C) groups is 1. The first kappa shape index (κ1) is 8.99. The first-order valence-corrected chi connectivity index (χ1v) is 6.30. The van der Waals surface area contributed by atoms with E-state index in [1.165, 1.54) is 30.5 Å². The van der Waals surface area contributed by atoms with Crippen LogP contribution < -0.4 is 5.73 Å². The van der Waals surface area contributed by atoms with Gasteiger partial charge < -0.3 is 10.6 Å². The zero-order chi connectivity index (χ0) is 10.7. The van der Waals surface area contributed by atoms with Crippen LogP contribution >= 0.6 is 0 Å². The molecule has 1 aliphatic carbocycles. The van der Waals surface area contributed by atoms with E-state index in [1.807, 2.05) is 0 Å². The maximum atomic E-state index is 6.19. The SMILES string of the molecule is NC1CC2=C3C(CCN3CC3C=NC=C23)C1. The molecule has 0 amide bonds. The van der Waals surface area contributed by atoms with Gasteiger partial charge in [0.05, 0.1) is 0 Å². The van der Waals surface area contributed by atoms with Crippen molar-refractivity contribution in [2.75, 3.05) is 13.1 Å². The number of nitrogens with two attached hydrogens (primary N) is 1. The Bertz CT molecular complexity index is 432. The molecule has 3 nitrogen and oxygen atoms in total. The zero-order valence-corrected chi connectivity index (χ0v) is 9.39. The van der Waals surface area contributed by atoms with Crippen LogP contribution in [-0.4, -0.2) is 30.2 Å². The van der Waals surface area contributed by atoms with Crippen LogP contribution in [0.5, 0.6) is 0 Å². The number of hydrogen-bond donors (Lipinski definition) is 1. The van der Waals surface area contributed by atoms with Crippen molar-refractivity contribution in [3.8, 4) is 0 Å². The van der Waals surface area contributed by atoms with E-state index < -0.39 is 0 Å². The number of hydrogen-bond acceptors (Lipinski definition) is 3. The average Bonchev–Trinajstić information content (AvgIpc) is 2.86. The fourth-order valence-electron chi connectivity index (χ4n) is 3.85. The second-order valence-electron chi connectivity index (χ2n) is 5.48. The van der Waals surface area contributed by atoms with Crippen molar-refractivity contribution in [2.45, 2.75) is 25.3 Å². The molecule has 3 atom stereocenters. The molecule has 1 fully saturated rings. The molecule has 3 heterocycles. The van der Waals surface area contributed by atoms with Gasteiger partial charge in [-0.3, -0.25) is 4.99 Å². The summed E-state index contributed by atoms with van der Waals surface area (Å²) in [5.41, 5.74) is 10.8. The second kappa shape index (κ2) is 2.98. The summed E-state index contributed by atoms with van der Waals surface area (Å²) in [5.74, 6) is 1.28. The summed E-state index contributed by atoms with van der Waals surface area (Å²) >= 11 is 0. The van der Waals surface area contributed by atoms with E-state index in [2.05, 4.69) is 22.3 Å². The minimum Gasteiger partial charge on any atom is -0.373 e. The van der Waals surface area contributed by atoms with E-state index in [-0.39, 0.29) is 0 Å². The molecule has 3 aliphatic heterocycles. The van der Waals surface area contributed by atoms with Crippen molar-refractivity contribution >= 4 is 6.21 Å². The Labute approximate surface area is 95.7 Å². The van der Waals surface area contributed by atoms with Crippen LogP contribution in [0.4, 0.5) is 0 Å². The molecule has 0 aromatic carbocycles. The molecule has 4 rings (SSSR count). The Morgan fingerprint density at radius 1 is 1.44 bits per heavy atom. The van der Waals surface area contributed by atoms with Crippen molar-refractivity contribution < 1.29 is 0 Å². The number of nitrogens with zero attached hydrogens (tertiary/aromatic N) is 2. The van der Waals surface area contributed by atoms with Crippen LogP contribution in [0.25, 0.3) is 0 Å². The Kier molecular flexibility index (Phi) is 1.67. The van der Waals surface area contributed by atoms with E-state index in [0.29, 0.717) is 12.0 Å². The fourth-order valence-corrected chi connectivity index (χ4v) is 3.85. The largest absolute Gasteiger partial charge is 0.373 e. The van der Waals surface area contributed by atoms with Gasteiger partial charge in [0, 0.05) is 49.1 Å². The molecule has 0 aromatic heterocycles. The van der Waals surface area contributed by atoms with Gasteiger partial charge in [0.1, 0.15) is 0 Å². The molecular formula is C13H17N3. The number of rotatable bonds is 0. The Hall–Kier alpha value is -1.09. The van der Waals surface area contributed by atoms with Gasteiger partial charge in [0.2, 0.25) is 0 Å². The van der Waals surface area contributed by atoms with Crippen molar-refractivity contribution in [2.24, 2.45) is 22.6 Å². The molecule has 84 valence electrons. The molecule has 16 heavy (non-hydrogen) atoms. The maximum Gasteiger partial charge on any atom is 0.0387 e. The van der Waals surface area contributed by atoms with Crippen LogP contribution in [0.1, 0.15) is 19.3 Å². The van der Waals surface area contributed by atoms with Crippen molar-refractivity contribution in [3.63, 3.8) is 0 Å². The lowest BCUT2D eigenvalue weighted by molar-refractivity contribution is 0.334. The number of fused-ring (bicyclic) bond motifs is 2. The smallest absolute Gasteiger partial charge is 0.0387 e. The molecule has 3 heteroatoms. The van der Waals surface area contributed by atoms with E-state index >= 15 is 0 Å². The molecule has 0 radical (unpaired) electrons. The van der Waals surface area contributed by atoms with Crippen molar-refractivity contribution in [1.82, 2.24) is 4.90 Å². The highest BCUT2D eigenvalue weighted by atomic mass is 15.2. The number of allylic oxidation sites excluding steroid dienone is 1. The lowest BCUT2D eigenvalue weighted by Crippen LogP contribution is -2.38. The minimum atomic E-state index is 0.365. The summed E-state index contributed by atoms with van der Waals surface area (Å²) in [6.45, 7) is 2.38. The van der Waals surface area contributed by atoms with E-state index in [4.69, 9.17) is 5.73 Å². The van der Waals surface area contributed by atoms with Crippen LogP contribution in [-0.2, 0) is 0 Å². The highest BCUT2D eigenvalue weighted by Gasteiger charge is 2.42. The fraction of sp³-hybridized carbons (Fsp3) is 0.615. The lowest BCUT2D eigenvalue weighted by Gasteiger charge is -2.39. The summed E-state index contributed by atoms with van der Waals surface area (Å²) in [5, 5.41) is 0. The molecule has 0 aromatic rings. The second-order valence-corrected chi connectivity index (χ2v) is 5.48. The summed E-state index contributed by atoms with van der Waals surface area (Å²) in [6, 6.07) is 0.365. The third-order valence-electron chi connectivity index (χ3n) is 4.48. The summed E-state index contributed by atoms with van der Waals surface area (Å²) in [7, 11) is 0.